The highest BCUT2D eigenvalue weighted by Gasteiger charge is 2.39. The third-order valence-electron chi connectivity index (χ3n) is 5.10. The Labute approximate surface area is 158 Å². The molecule has 2 aliphatic rings. The normalized spacial score (nSPS) is 20.5. The number of hydrogen-bond acceptors (Lipinski definition) is 2. The number of halogens is 1. The van der Waals surface area contributed by atoms with Crippen molar-refractivity contribution in [3.8, 4) is 0 Å². The number of nitrogens with one attached hydrogen (secondary N) is 2. The van der Waals surface area contributed by atoms with Gasteiger partial charge in [0.15, 0.2) is 5.96 Å². The molecule has 0 aromatic heterocycles. The van der Waals surface area contributed by atoms with E-state index in [0.717, 1.165) is 25.6 Å². The van der Waals surface area contributed by atoms with Crippen molar-refractivity contribution < 1.29 is 4.79 Å². The van der Waals surface area contributed by atoms with E-state index in [1.54, 1.807) is 0 Å². The molecule has 23 heavy (non-hydrogen) atoms. The summed E-state index contributed by atoms with van der Waals surface area (Å²) >= 11 is 0. The van der Waals surface area contributed by atoms with Crippen molar-refractivity contribution in [3.63, 3.8) is 0 Å². The summed E-state index contributed by atoms with van der Waals surface area (Å²) in [6.45, 7) is 7.46. The summed E-state index contributed by atoms with van der Waals surface area (Å²) in [5.41, 5.74) is 0.543. The maximum absolute atomic E-state index is 11.5. The van der Waals surface area contributed by atoms with Gasteiger partial charge in [0.2, 0.25) is 5.91 Å². The van der Waals surface area contributed by atoms with E-state index < -0.39 is 0 Å². The number of hydrogen-bond donors (Lipinski definition) is 2. The minimum Gasteiger partial charge on any atom is -0.354 e. The molecule has 1 aliphatic carbocycles. The van der Waals surface area contributed by atoms with Gasteiger partial charge in [0, 0.05) is 39.1 Å². The Morgan fingerprint density at radius 2 is 1.78 bits per heavy atom. The second-order valence-corrected chi connectivity index (χ2v) is 7.15. The van der Waals surface area contributed by atoms with Gasteiger partial charge in [-0.1, -0.05) is 33.1 Å². The minimum absolute atomic E-state index is 0. The van der Waals surface area contributed by atoms with Crippen molar-refractivity contribution in [1.29, 1.82) is 0 Å². The van der Waals surface area contributed by atoms with Crippen LogP contribution in [0, 0.1) is 11.3 Å². The van der Waals surface area contributed by atoms with Gasteiger partial charge >= 0.3 is 0 Å². The summed E-state index contributed by atoms with van der Waals surface area (Å²) in [4.78, 5) is 18.4. The Balaban J connectivity index is 0.00000264. The molecule has 0 bridgehead atoms. The van der Waals surface area contributed by atoms with E-state index in [2.05, 4.69) is 20.5 Å². The lowest BCUT2D eigenvalue weighted by molar-refractivity contribution is -0.123. The molecule has 0 aromatic carbocycles. The first-order chi connectivity index (χ1) is 10.6. The van der Waals surface area contributed by atoms with Gasteiger partial charge in [-0.3, -0.25) is 9.79 Å². The summed E-state index contributed by atoms with van der Waals surface area (Å²) in [6.07, 6.45) is 8.25. The molecule has 1 saturated carbocycles. The van der Waals surface area contributed by atoms with Crippen LogP contribution in [-0.2, 0) is 4.79 Å². The van der Waals surface area contributed by atoms with Crippen LogP contribution in [0.5, 0.6) is 0 Å². The molecule has 0 aromatic rings. The van der Waals surface area contributed by atoms with E-state index in [1.807, 2.05) is 20.9 Å². The maximum atomic E-state index is 11.5. The van der Waals surface area contributed by atoms with Crippen molar-refractivity contribution in [2.75, 3.05) is 33.2 Å². The second-order valence-electron chi connectivity index (χ2n) is 7.15. The van der Waals surface area contributed by atoms with Crippen LogP contribution >= 0.6 is 24.0 Å². The zero-order valence-corrected chi connectivity index (χ0v) is 17.2. The zero-order valence-electron chi connectivity index (χ0n) is 14.9. The molecular formula is C17H33IN4O. The first kappa shape index (κ1) is 20.5. The van der Waals surface area contributed by atoms with Crippen molar-refractivity contribution in [3.05, 3.63) is 0 Å². The minimum atomic E-state index is 0. The van der Waals surface area contributed by atoms with Crippen LogP contribution in [0.25, 0.3) is 0 Å². The largest absolute Gasteiger partial charge is 0.354 e. The van der Waals surface area contributed by atoms with E-state index in [-0.39, 0.29) is 35.8 Å². The molecule has 1 spiro atoms. The van der Waals surface area contributed by atoms with E-state index in [0.29, 0.717) is 12.0 Å². The fourth-order valence-electron chi connectivity index (χ4n) is 3.72. The Morgan fingerprint density at radius 1 is 1.13 bits per heavy atom. The van der Waals surface area contributed by atoms with Crippen molar-refractivity contribution in [2.45, 2.75) is 52.4 Å². The number of carbonyl (C=O) groups is 1. The Bertz CT molecular complexity index is 405. The lowest BCUT2D eigenvalue weighted by Gasteiger charge is -2.33. The van der Waals surface area contributed by atoms with E-state index in [4.69, 9.17) is 0 Å². The average Bonchev–Trinajstić information content (AvgIpc) is 2.91. The van der Waals surface area contributed by atoms with Crippen LogP contribution < -0.4 is 10.6 Å². The third-order valence-corrected chi connectivity index (χ3v) is 5.10. The van der Waals surface area contributed by atoms with Gasteiger partial charge in [-0.2, -0.15) is 0 Å². The number of nitrogens with zero attached hydrogens (tertiary/aromatic N) is 2. The summed E-state index contributed by atoms with van der Waals surface area (Å²) in [7, 11) is 1.85. The zero-order chi connectivity index (χ0) is 16.0. The molecule has 6 heteroatoms. The van der Waals surface area contributed by atoms with Crippen LogP contribution in [0.15, 0.2) is 4.99 Å². The molecular weight excluding hydrogens is 403 g/mol. The fourth-order valence-corrected chi connectivity index (χ4v) is 3.72. The highest BCUT2D eigenvalue weighted by atomic mass is 127. The van der Waals surface area contributed by atoms with E-state index in [1.165, 1.54) is 38.5 Å². The Kier molecular flexibility index (Phi) is 8.64. The highest BCUT2D eigenvalue weighted by molar-refractivity contribution is 14.0. The molecule has 0 unspecified atom stereocenters. The van der Waals surface area contributed by atoms with Crippen LogP contribution in [0.4, 0.5) is 0 Å². The number of amides is 1. The predicted molar refractivity (Wildman–Crippen MR) is 106 cm³/mol. The first-order valence-corrected chi connectivity index (χ1v) is 8.80. The van der Waals surface area contributed by atoms with Gasteiger partial charge in [0.05, 0.1) is 0 Å². The summed E-state index contributed by atoms with van der Waals surface area (Å²) < 4.78 is 0. The lowest BCUT2D eigenvalue weighted by atomic mass is 9.73. The number of carbonyl (C=O) groups excluding carboxylic acids is 1. The van der Waals surface area contributed by atoms with Crippen molar-refractivity contribution >= 4 is 35.8 Å². The molecule has 2 N–H and O–H groups in total. The third kappa shape index (κ3) is 5.80. The summed E-state index contributed by atoms with van der Waals surface area (Å²) in [6, 6.07) is 0. The summed E-state index contributed by atoms with van der Waals surface area (Å²) in [5, 5.41) is 6.32. The SMILES string of the molecule is CN=C(NCCNC(=O)C(C)C)N1CCC2(CCCCC2)C1.I. The molecule has 2 rings (SSSR count). The molecule has 1 heterocycles. The summed E-state index contributed by atoms with van der Waals surface area (Å²) in [5.74, 6) is 1.14. The smallest absolute Gasteiger partial charge is 0.222 e. The molecule has 1 amide bonds. The number of rotatable bonds is 4. The van der Waals surface area contributed by atoms with Gasteiger partial charge in [0.1, 0.15) is 0 Å². The lowest BCUT2D eigenvalue weighted by Crippen LogP contribution is -2.44. The monoisotopic (exact) mass is 436 g/mol. The average molecular weight is 436 g/mol. The molecule has 5 nitrogen and oxygen atoms in total. The van der Waals surface area contributed by atoms with Gasteiger partial charge in [-0.25, -0.2) is 0 Å². The van der Waals surface area contributed by atoms with Crippen LogP contribution in [-0.4, -0.2) is 50.0 Å². The second kappa shape index (κ2) is 9.69. The number of guanidine groups is 1. The Morgan fingerprint density at radius 3 is 2.39 bits per heavy atom. The maximum Gasteiger partial charge on any atom is 0.222 e. The quantitative estimate of drug-likeness (QED) is 0.308. The van der Waals surface area contributed by atoms with Gasteiger partial charge < -0.3 is 15.5 Å². The van der Waals surface area contributed by atoms with Crippen molar-refractivity contribution in [2.24, 2.45) is 16.3 Å². The molecule has 1 aliphatic heterocycles. The number of likely N-dealkylation sites (tertiary alicyclic amines) is 1. The fraction of sp³-hybridized carbons (Fsp3) is 0.882. The van der Waals surface area contributed by atoms with E-state index >= 15 is 0 Å². The number of aliphatic imine (C=N–C) groups is 1. The van der Waals surface area contributed by atoms with Crippen LogP contribution in [0.1, 0.15) is 52.4 Å². The topological polar surface area (TPSA) is 56.7 Å². The molecule has 0 atom stereocenters. The standard InChI is InChI=1S/C17H32N4O.HI/c1-14(2)15(22)19-10-11-20-16(18-3)21-12-9-17(13-21)7-5-4-6-8-17;/h14H,4-13H2,1-3H3,(H,18,20)(H,19,22);1H. The molecule has 2 fully saturated rings. The van der Waals surface area contributed by atoms with Crippen LogP contribution in [0.3, 0.4) is 0 Å². The molecule has 134 valence electrons. The predicted octanol–water partition coefficient (Wildman–Crippen LogP) is 2.61. The van der Waals surface area contributed by atoms with E-state index in [9.17, 15) is 4.79 Å². The van der Waals surface area contributed by atoms with Gasteiger partial charge in [-0.15, -0.1) is 24.0 Å². The highest BCUT2D eigenvalue weighted by Crippen LogP contribution is 2.43. The van der Waals surface area contributed by atoms with Crippen LogP contribution in [0.2, 0.25) is 0 Å². The van der Waals surface area contributed by atoms with Gasteiger partial charge in [0.25, 0.3) is 0 Å². The molecule has 1 saturated heterocycles. The Hall–Kier alpha value is -0.530. The van der Waals surface area contributed by atoms with Crippen molar-refractivity contribution in [1.82, 2.24) is 15.5 Å². The first-order valence-electron chi connectivity index (χ1n) is 8.80. The molecule has 0 radical (unpaired) electrons. The van der Waals surface area contributed by atoms with Gasteiger partial charge in [-0.05, 0) is 24.7 Å².